The number of carbonyl (C=O) groups excluding carboxylic acids is 1. The summed E-state index contributed by atoms with van der Waals surface area (Å²) in [5.74, 6) is -0.232. The molecule has 122 valence electrons. The summed E-state index contributed by atoms with van der Waals surface area (Å²) in [4.78, 5) is 11.1. The number of rotatable bonds is 4. The van der Waals surface area contributed by atoms with Gasteiger partial charge in [0, 0.05) is 25.4 Å². The third-order valence-corrected chi connectivity index (χ3v) is 9.88. The van der Waals surface area contributed by atoms with Gasteiger partial charge < -0.3 is 18.7 Å². The van der Waals surface area contributed by atoms with E-state index in [2.05, 4.69) is 33.9 Å². The number of ether oxygens (including phenoxy) is 2. The third-order valence-electron chi connectivity index (χ3n) is 5.37. The summed E-state index contributed by atoms with van der Waals surface area (Å²) in [6.07, 6.45) is 4.29. The molecule has 1 saturated carbocycles. The maximum Gasteiger partial charge on any atom is 0.192 e. The summed E-state index contributed by atoms with van der Waals surface area (Å²) in [6.45, 7) is 12.6. The summed E-state index contributed by atoms with van der Waals surface area (Å²) in [5.41, 5.74) is 0. The molecule has 0 radical (unpaired) electrons. The molecule has 0 unspecified atom stereocenters. The van der Waals surface area contributed by atoms with Gasteiger partial charge in [0.2, 0.25) is 0 Å². The van der Waals surface area contributed by atoms with Gasteiger partial charge in [-0.2, -0.15) is 0 Å². The minimum Gasteiger partial charge on any atom is -0.414 e. The van der Waals surface area contributed by atoms with Crippen LogP contribution in [0.25, 0.3) is 0 Å². The van der Waals surface area contributed by atoms with Crippen LogP contribution in [0.15, 0.2) is 0 Å². The Balaban J connectivity index is 2.07. The average Bonchev–Trinajstić information content (AvgIpc) is 2.80. The second-order valence-corrected chi connectivity index (χ2v) is 12.7. The van der Waals surface area contributed by atoms with Gasteiger partial charge in [-0.25, -0.2) is 0 Å². The summed E-state index contributed by atoms with van der Waals surface area (Å²) >= 11 is 0. The Morgan fingerprint density at radius 1 is 1.29 bits per heavy atom. The van der Waals surface area contributed by atoms with Crippen LogP contribution in [0.3, 0.4) is 0 Å². The Morgan fingerprint density at radius 2 is 1.90 bits per heavy atom. The molecular weight excluding hydrogens is 284 g/mol. The van der Waals surface area contributed by atoms with E-state index in [1.54, 1.807) is 0 Å². The Hall–Kier alpha value is -0.233. The van der Waals surface area contributed by atoms with Crippen LogP contribution < -0.4 is 0 Å². The SMILES string of the molecule is CC(C)(C)[Si](C)(C)O[C@H]1CCC2(C[C@H]1CC=O)OCCO2. The van der Waals surface area contributed by atoms with E-state index in [0.717, 1.165) is 25.5 Å². The highest BCUT2D eigenvalue weighted by Gasteiger charge is 2.48. The predicted octanol–water partition coefficient (Wildman–Crippen LogP) is 3.51. The molecule has 0 aromatic rings. The van der Waals surface area contributed by atoms with Gasteiger partial charge in [0.1, 0.15) is 6.29 Å². The number of aldehydes is 1. The molecule has 0 aromatic carbocycles. The summed E-state index contributed by atoms with van der Waals surface area (Å²) < 4.78 is 18.2. The fourth-order valence-corrected chi connectivity index (χ4v) is 4.48. The Kier molecular flexibility index (Phi) is 4.98. The van der Waals surface area contributed by atoms with Gasteiger partial charge in [-0.1, -0.05) is 20.8 Å². The van der Waals surface area contributed by atoms with Gasteiger partial charge in [-0.3, -0.25) is 0 Å². The lowest BCUT2D eigenvalue weighted by Gasteiger charge is -2.46. The van der Waals surface area contributed by atoms with Gasteiger partial charge in [0.05, 0.1) is 13.2 Å². The molecule has 0 amide bonds. The second kappa shape index (κ2) is 6.11. The molecule has 5 heteroatoms. The zero-order valence-electron chi connectivity index (χ0n) is 14.1. The van der Waals surface area contributed by atoms with Crippen molar-refractivity contribution in [3.05, 3.63) is 0 Å². The van der Waals surface area contributed by atoms with Gasteiger partial charge >= 0.3 is 0 Å². The van der Waals surface area contributed by atoms with Crippen LogP contribution in [0.5, 0.6) is 0 Å². The molecular formula is C16H30O4Si. The van der Waals surface area contributed by atoms with Gasteiger partial charge in [0.15, 0.2) is 14.1 Å². The normalized spacial score (nSPS) is 29.8. The molecule has 1 aliphatic heterocycles. The summed E-state index contributed by atoms with van der Waals surface area (Å²) in [5, 5.41) is 0.189. The predicted molar refractivity (Wildman–Crippen MR) is 84.7 cm³/mol. The lowest BCUT2D eigenvalue weighted by Crippen LogP contribution is -2.50. The standard InChI is InChI=1S/C16H30O4Si/c1-15(2,3)21(4,5)20-14-6-8-16(18-10-11-19-16)12-13(14)7-9-17/h9,13-14H,6-8,10-12H2,1-5H3/t13-,14+/m1/s1. The Morgan fingerprint density at radius 3 is 2.43 bits per heavy atom. The van der Waals surface area contributed by atoms with E-state index in [1.165, 1.54) is 0 Å². The Labute approximate surface area is 129 Å². The van der Waals surface area contributed by atoms with Crippen LogP contribution in [-0.4, -0.2) is 39.7 Å². The van der Waals surface area contributed by atoms with Crippen molar-refractivity contribution < 1.29 is 18.7 Å². The second-order valence-electron chi connectivity index (χ2n) is 7.93. The van der Waals surface area contributed by atoms with Crippen LogP contribution in [0.4, 0.5) is 0 Å². The first-order valence-corrected chi connectivity index (χ1v) is 11.0. The van der Waals surface area contributed by atoms with E-state index in [-0.39, 0.29) is 17.1 Å². The largest absolute Gasteiger partial charge is 0.414 e. The number of hydrogen-bond donors (Lipinski definition) is 0. The number of carbonyl (C=O) groups is 1. The van der Waals surface area contributed by atoms with E-state index in [0.29, 0.717) is 19.6 Å². The smallest absolute Gasteiger partial charge is 0.192 e. The van der Waals surface area contributed by atoms with Crippen molar-refractivity contribution in [2.45, 2.75) is 76.5 Å². The molecule has 0 bridgehead atoms. The van der Waals surface area contributed by atoms with Crippen molar-refractivity contribution in [3.63, 3.8) is 0 Å². The van der Waals surface area contributed by atoms with E-state index in [9.17, 15) is 4.79 Å². The summed E-state index contributed by atoms with van der Waals surface area (Å²) in [6, 6.07) is 0. The topological polar surface area (TPSA) is 44.8 Å². The van der Waals surface area contributed by atoms with Gasteiger partial charge in [-0.15, -0.1) is 0 Å². The highest BCUT2D eigenvalue weighted by molar-refractivity contribution is 6.74. The van der Waals surface area contributed by atoms with Crippen LogP contribution in [0.1, 0.15) is 46.5 Å². The average molecular weight is 314 g/mol. The highest BCUT2D eigenvalue weighted by atomic mass is 28.4. The maximum absolute atomic E-state index is 11.1. The van der Waals surface area contributed by atoms with Crippen LogP contribution in [-0.2, 0) is 18.7 Å². The monoisotopic (exact) mass is 314 g/mol. The fraction of sp³-hybridized carbons (Fsp3) is 0.938. The van der Waals surface area contributed by atoms with Crippen molar-refractivity contribution >= 4 is 14.6 Å². The zero-order valence-corrected chi connectivity index (χ0v) is 15.1. The van der Waals surface area contributed by atoms with Crippen molar-refractivity contribution in [1.29, 1.82) is 0 Å². The van der Waals surface area contributed by atoms with Crippen molar-refractivity contribution in [2.24, 2.45) is 5.92 Å². The first-order chi connectivity index (χ1) is 9.69. The van der Waals surface area contributed by atoms with Crippen LogP contribution >= 0.6 is 0 Å². The molecule has 1 heterocycles. The lowest BCUT2D eigenvalue weighted by molar-refractivity contribution is -0.200. The molecule has 2 rings (SSSR count). The van der Waals surface area contributed by atoms with Gasteiger partial charge in [-0.05, 0) is 30.5 Å². The van der Waals surface area contributed by atoms with Crippen molar-refractivity contribution in [2.75, 3.05) is 13.2 Å². The summed E-state index contributed by atoms with van der Waals surface area (Å²) in [7, 11) is -1.81. The third kappa shape index (κ3) is 3.75. The van der Waals surface area contributed by atoms with E-state index < -0.39 is 14.1 Å². The minimum atomic E-state index is -1.81. The number of hydrogen-bond acceptors (Lipinski definition) is 4. The molecule has 1 saturated heterocycles. The lowest BCUT2D eigenvalue weighted by atomic mass is 9.81. The Bertz CT molecular complexity index is 369. The fourth-order valence-electron chi connectivity index (χ4n) is 3.06. The highest BCUT2D eigenvalue weighted by Crippen LogP contribution is 2.44. The molecule has 0 N–H and O–H groups in total. The molecule has 1 aliphatic carbocycles. The molecule has 2 atom stereocenters. The van der Waals surface area contributed by atoms with Crippen molar-refractivity contribution in [1.82, 2.24) is 0 Å². The van der Waals surface area contributed by atoms with E-state index in [1.807, 2.05) is 0 Å². The first kappa shape index (κ1) is 17.1. The molecule has 2 aliphatic rings. The molecule has 0 aromatic heterocycles. The molecule has 4 nitrogen and oxygen atoms in total. The molecule has 21 heavy (non-hydrogen) atoms. The minimum absolute atomic E-state index is 0.162. The first-order valence-electron chi connectivity index (χ1n) is 8.08. The quantitative estimate of drug-likeness (QED) is 0.588. The van der Waals surface area contributed by atoms with Gasteiger partial charge in [0.25, 0.3) is 0 Å². The molecule has 1 spiro atoms. The van der Waals surface area contributed by atoms with E-state index in [4.69, 9.17) is 13.9 Å². The van der Waals surface area contributed by atoms with Crippen LogP contribution in [0, 0.1) is 5.92 Å². The zero-order chi connectivity index (χ0) is 15.7. The maximum atomic E-state index is 11.1. The van der Waals surface area contributed by atoms with E-state index >= 15 is 0 Å². The van der Waals surface area contributed by atoms with Crippen molar-refractivity contribution in [3.8, 4) is 0 Å². The molecule has 2 fully saturated rings. The van der Waals surface area contributed by atoms with Crippen LogP contribution in [0.2, 0.25) is 18.1 Å².